The Morgan fingerprint density at radius 1 is 1.50 bits per heavy atom. The smallest absolute Gasteiger partial charge is 0.265 e. The van der Waals surface area contributed by atoms with E-state index in [1.54, 1.807) is 16.6 Å². The molecule has 0 bridgehead atoms. The summed E-state index contributed by atoms with van der Waals surface area (Å²) in [5, 5.41) is 11.4. The maximum absolute atomic E-state index is 12.0. The van der Waals surface area contributed by atoms with Crippen molar-refractivity contribution in [3.8, 4) is 0 Å². The van der Waals surface area contributed by atoms with Crippen LogP contribution in [0.4, 0.5) is 0 Å². The summed E-state index contributed by atoms with van der Waals surface area (Å²) in [7, 11) is 0. The molecule has 1 aromatic heterocycles. The van der Waals surface area contributed by atoms with E-state index in [1.165, 1.54) is 11.3 Å². The molecule has 1 amide bonds. The van der Waals surface area contributed by atoms with Crippen LogP contribution in [0.25, 0.3) is 0 Å². The Bertz CT molecular complexity index is 425. The van der Waals surface area contributed by atoms with Crippen molar-refractivity contribution < 1.29 is 10.0 Å². The predicted molar refractivity (Wildman–Crippen MR) is 67.9 cm³/mol. The molecule has 2 heterocycles. The molecule has 8 heteroatoms. The van der Waals surface area contributed by atoms with Gasteiger partial charge in [-0.05, 0) is 0 Å². The van der Waals surface area contributed by atoms with Crippen LogP contribution in [0.2, 0.25) is 0 Å². The fourth-order valence-corrected chi connectivity index (χ4v) is 2.43. The van der Waals surface area contributed by atoms with Gasteiger partial charge in [-0.1, -0.05) is 5.16 Å². The minimum absolute atomic E-state index is 0.0287. The molecule has 2 rings (SSSR count). The van der Waals surface area contributed by atoms with Gasteiger partial charge in [0.15, 0.2) is 5.84 Å². The van der Waals surface area contributed by atoms with E-state index in [1.807, 2.05) is 4.90 Å². The van der Waals surface area contributed by atoms with Gasteiger partial charge in [-0.15, -0.1) is 11.3 Å². The highest BCUT2D eigenvalue weighted by Crippen LogP contribution is 2.11. The Hall–Kier alpha value is -1.67. The quantitative estimate of drug-likeness (QED) is 0.338. The van der Waals surface area contributed by atoms with Crippen molar-refractivity contribution >= 4 is 23.1 Å². The average molecular weight is 269 g/mol. The minimum atomic E-state index is 0.0287. The molecule has 3 N–H and O–H groups in total. The second-order valence-corrected chi connectivity index (χ2v) is 4.91. The third-order valence-electron chi connectivity index (χ3n) is 2.82. The average Bonchev–Trinajstić information content (AvgIpc) is 2.92. The fourth-order valence-electron chi connectivity index (χ4n) is 1.85. The zero-order valence-corrected chi connectivity index (χ0v) is 10.6. The van der Waals surface area contributed by atoms with Crippen LogP contribution in [0, 0.1) is 0 Å². The number of amidine groups is 1. The van der Waals surface area contributed by atoms with Gasteiger partial charge in [0.1, 0.15) is 4.88 Å². The van der Waals surface area contributed by atoms with Gasteiger partial charge in [0.25, 0.3) is 5.91 Å². The van der Waals surface area contributed by atoms with Crippen molar-refractivity contribution in [3.05, 3.63) is 16.6 Å². The number of piperazine rings is 1. The van der Waals surface area contributed by atoms with E-state index in [2.05, 4.69) is 10.1 Å². The first-order valence-electron chi connectivity index (χ1n) is 5.57. The third kappa shape index (κ3) is 2.96. The topological polar surface area (TPSA) is 95.0 Å². The van der Waals surface area contributed by atoms with E-state index in [4.69, 9.17) is 10.9 Å². The highest BCUT2D eigenvalue weighted by molar-refractivity contribution is 7.11. The predicted octanol–water partition coefficient (Wildman–Crippen LogP) is -0.353. The van der Waals surface area contributed by atoms with E-state index < -0.39 is 0 Å². The number of thiazole rings is 1. The van der Waals surface area contributed by atoms with E-state index in [0.717, 1.165) is 13.1 Å². The first-order valence-corrected chi connectivity index (χ1v) is 6.45. The maximum atomic E-state index is 12.0. The molecule has 1 aliphatic heterocycles. The number of nitrogens with zero attached hydrogens (tertiary/aromatic N) is 4. The second-order valence-electron chi connectivity index (χ2n) is 4.03. The van der Waals surface area contributed by atoms with Gasteiger partial charge in [0.2, 0.25) is 0 Å². The molecule has 1 saturated heterocycles. The summed E-state index contributed by atoms with van der Waals surface area (Å²) in [5.41, 5.74) is 7.10. The Labute approximate surface area is 109 Å². The number of nitrogens with two attached hydrogens (primary N) is 1. The van der Waals surface area contributed by atoms with E-state index in [-0.39, 0.29) is 11.7 Å². The van der Waals surface area contributed by atoms with E-state index >= 15 is 0 Å². The van der Waals surface area contributed by atoms with E-state index in [9.17, 15) is 4.79 Å². The van der Waals surface area contributed by atoms with Crippen LogP contribution in [0.1, 0.15) is 9.67 Å². The molecule has 1 aromatic rings. The molecule has 0 radical (unpaired) electrons. The maximum Gasteiger partial charge on any atom is 0.265 e. The number of amides is 1. The Kier molecular flexibility index (Phi) is 4.11. The van der Waals surface area contributed by atoms with Crippen LogP contribution < -0.4 is 5.73 Å². The minimum Gasteiger partial charge on any atom is -0.409 e. The molecule has 0 saturated carbocycles. The van der Waals surface area contributed by atoms with Crippen molar-refractivity contribution in [1.29, 1.82) is 0 Å². The first-order chi connectivity index (χ1) is 8.70. The molecule has 18 heavy (non-hydrogen) atoms. The van der Waals surface area contributed by atoms with Gasteiger partial charge in [0, 0.05) is 26.2 Å². The number of carbonyl (C=O) groups is 1. The van der Waals surface area contributed by atoms with Crippen LogP contribution in [-0.4, -0.2) is 64.5 Å². The lowest BCUT2D eigenvalue weighted by molar-refractivity contribution is 0.0658. The standard InChI is InChI=1S/C10H15N5O2S/c11-9(13-17)6-14-1-3-15(4-2-14)10(16)8-5-12-7-18-8/h5,7,17H,1-4,6H2,(H2,11,13). The SMILES string of the molecule is NC(CN1CCN(C(=O)c2cncs2)CC1)=NO. The zero-order valence-electron chi connectivity index (χ0n) is 9.82. The Morgan fingerprint density at radius 3 is 2.78 bits per heavy atom. The highest BCUT2D eigenvalue weighted by Gasteiger charge is 2.23. The van der Waals surface area contributed by atoms with Crippen molar-refractivity contribution in [2.75, 3.05) is 32.7 Å². The number of hydrogen-bond acceptors (Lipinski definition) is 6. The molecule has 0 spiro atoms. The van der Waals surface area contributed by atoms with Crippen molar-refractivity contribution in [2.24, 2.45) is 10.9 Å². The summed E-state index contributed by atoms with van der Waals surface area (Å²) in [6.45, 7) is 3.17. The number of aromatic nitrogens is 1. The highest BCUT2D eigenvalue weighted by atomic mass is 32.1. The van der Waals surface area contributed by atoms with Crippen LogP contribution in [-0.2, 0) is 0 Å². The largest absolute Gasteiger partial charge is 0.409 e. The summed E-state index contributed by atoms with van der Waals surface area (Å²) < 4.78 is 0. The van der Waals surface area contributed by atoms with Crippen molar-refractivity contribution in [3.63, 3.8) is 0 Å². The molecule has 7 nitrogen and oxygen atoms in total. The van der Waals surface area contributed by atoms with Crippen LogP contribution in [0.3, 0.4) is 0 Å². The lowest BCUT2D eigenvalue weighted by Crippen LogP contribution is -2.50. The summed E-state index contributed by atoms with van der Waals surface area (Å²) in [5.74, 6) is 0.221. The van der Waals surface area contributed by atoms with Gasteiger partial charge >= 0.3 is 0 Å². The summed E-state index contributed by atoms with van der Waals surface area (Å²) >= 11 is 1.35. The molecule has 0 atom stereocenters. The third-order valence-corrected chi connectivity index (χ3v) is 3.58. The second kappa shape index (κ2) is 5.78. The molecular weight excluding hydrogens is 254 g/mol. The van der Waals surface area contributed by atoms with Gasteiger partial charge in [0.05, 0.1) is 18.3 Å². The van der Waals surface area contributed by atoms with Crippen LogP contribution >= 0.6 is 11.3 Å². The zero-order chi connectivity index (χ0) is 13.0. The van der Waals surface area contributed by atoms with Gasteiger partial charge in [-0.25, -0.2) is 0 Å². The molecule has 0 aliphatic carbocycles. The fraction of sp³-hybridized carbons (Fsp3) is 0.500. The monoisotopic (exact) mass is 269 g/mol. The number of rotatable bonds is 3. The van der Waals surface area contributed by atoms with Gasteiger partial charge < -0.3 is 15.8 Å². The number of oxime groups is 1. The first kappa shape index (κ1) is 12.8. The van der Waals surface area contributed by atoms with Gasteiger partial charge in [-0.2, -0.15) is 0 Å². The molecule has 1 aliphatic rings. The molecule has 0 unspecified atom stereocenters. The molecule has 98 valence electrons. The molecular formula is C10H15N5O2S. The lowest BCUT2D eigenvalue weighted by atomic mass is 10.3. The van der Waals surface area contributed by atoms with Crippen molar-refractivity contribution in [1.82, 2.24) is 14.8 Å². The molecule has 0 aromatic carbocycles. The summed E-state index contributed by atoms with van der Waals surface area (Å²) in [4.78, 5) is 20.5. The van der Waals surface area contributed by atoms with Crippen LogP contribution in [0.5, 0.6) is 0 Å². The Balaban J connectivity index is 1.85. The lowest BCUT2D eigenvalue weighted by Gasteiger charge is -2.34. The van der Waals surface area contributed by atoms with Crippen molar-refractivity contribution in [2.45, 2.75) is 0 Å². The van der Waals surface area contributed by atoms with E-state index in [0.29, 0.717) is 24.5 Å². The number of hydrogen-bond donors (Lipinski definition) is 2. The van der Waals surface area contributed by atoms with Gasteiger partial charge in [-0.3, -0.25) is 14.7 Å². The van der Waals surface area contributed by atoms with Crippen LogP contribution in [0.15, 0.2) is 16.9 Å². The molecule has 1 fully saturated rings. The summed E-state index contributed by atoms with van der Waals surface area (Å²) in [6, 6.07) is 0. The number of carbonyl (C=O) groups excluding carboxylic acids is 1. The normalized spacial score (nSPS) is 18.0. The Morgan fingerprint density at radius 2 is 2.22 bits per heavy atom. The summed E-state index contributed by atoms with van der Waals surface area (Å²) in [6.07, 6.45) is 1.59.